The van der Waals surface area contributed by atoms with Gasteiger partial charge in [-0.1, -0.05) is 0 Å². The summed E-state index contributed by atoms with van der Waals surface area (Å²) in [5.74, 6) is -0.0169. The minimum absolute atomic E-state index is 0.0169. The van der Waals surface area contributed by atoms with Crippen LogP contribution in [0.5, 0.6) is 5.88 Å². The lowest BCUT2D eigenvalue weighted by Crippen LogP contribution is -1.92. The summed E-state index contributed by atoms with van der Waals surface area (Å²) in [4.78, 5) is 7.95. The predicted molar refractivity (Wildman–Crippen MR) is 55.5 cm³/mol. The summed E-state index contributed by atoms with van der Waals surface area (Å²) in [6.07, 6.45) is 3.46. The van der Waals surface area contributed by atoms with E-state index in [0.717, 1.165) is 5.69 Å². The van der Waals surface area contributed by atoms with E-state index in [-0.39, 0.29) is 5.88 Å². The Kier molecular flexibility index (Phi) is 2.25. The fraction of sp³-hybridized carbons (Fsp3) is 0.111. The fourth-order valence-corrected chi connectivity index (χ4v) is 1.47. The van der Waals surface area contributed by atoms with Crippen molar-refractivity contribution in [2.75, 3.05) is 0 Å². The maximum atomic E-state index is 9.56. The molecule has 0 spiro atoms. The van der Waals surface area contributed by atoms with Gasteiger partial charge in [-0.25, -0.2) is 9.97 Å². The SMILES string of the molecule is Cc1cn(-c2ccc(Br)nc2O)cn1. The van der Waals surface area contributed by atoms with Crippen molar-refractivity contribution in [3.8, 4) is 11.6 Å². The summed E-state index contributed by atoms with van der Waals surface area (Å²) in [5, 5.41) is 9.56. The Bertz CT molecular complexity index is 467. The van der Waals surface area contributed by atoms with E-state index in [1.54, 1.807) is 23.0 Å². The van der Waals surface area contributed by atoms with Gasteiger partial charge >= 0.3 is 0 Å². The molecule has 4 nitrogen and oxygen atoms in total. The highest BCUT2D eigenvalue weighted by molar-refractivity contribution is 9.10. The second-order valence-corrected chi connectivity index (χ2v) is 3.71. The van der Waals surface area contributed by atoms with Crippen molar-refractivity contribution in [2.45, 2.75) is 6.92 Å². The molecule has 0 radical (unpaired) electrons. The standard InChI is InChI=1S/C9H8BrN3O/c1-6-4-13(5-11-6)7-2-3-8(10)12-9(7)14/h2-5H,1H3,(H,12,14). The molecule has 72 valence electrons. The number of aryl methyl sites for hydroxylation is 1. The Hall–Kier alpha value is -1.36. The minimum atomic E-state index is -0.0169. The topological polar surface area (TPSA) is 50.9 Å². The van der Waals surface area contributed by atoms with Crippen LogP contribution in [0, 0.1) is 6.92 Å². The summed E-state index contributed by atoms with van der Waals surface area (Å²) >= 11 is 3.18. The van der Waals surface area contributed by atoms with Gasteiger partial charge in [0, 0.05) is 6.20 Å². The van der Waals surface area contributed by atoms with Gasteiger partial charge in [-0.05, 0) is 35.0 Å². The van der Waals surface area contributed by atoms with E-state index in [9.17, 15) is 5.11 Å². The van der Waals surface area contributed by atoms with Crippen molar-refractivity contribution in [1.82, 2.24) is 14.5 Å². The van der Waals surface area contributed by atoms with E-state index >= 15 is 0 Å². The molecule has 2 aromatic heterocycles. The molecule has 2 aromatic rings. The van der Waals surface area contributed by atoms with Gasteiger partial charge in [0.05, 0.1) is 12.0 Å². The number of halogens is 1. The van der Waals surface area contributed by atoms with Gasteiger partial charge in [0.25, 0.3) is 0 Å². The van der Waals surface area contributed by atoms with Crippen molar-refractivity contribution in [3.05, 3.63) is 35.0 Å². The first-order valence-electron chi connectivity index (χ1n) is 4.03. The van der Waals surface area contributed by atoms with Crippen LogP contribution in [-0.4, -0.2) is 19.6 Å². The highest BCUT2D eigenvalue weighted by atomic mass is 79.9. The highest BCUT2D eigenvalue weighted by Gasteiger charge is 2.05. The van der Waals surface area contributed by atoms with E-state index in [0.29, 0.717) is 10.3 Å². The molecule has 1 N–H and O–H groups in total. The molecular formula is C9H8BrN3O. The number of rotatable bonds is 1. The molecule has 0 aliphatic rings. The zero-order valence-corrected chi connectivity index (χ0v) is 9.06. The van der Waals surface area contributed by atoms with Crippen LogP contribution in [0.2, 0.25) is 0 Å². The Morgan fingerprint density at radius 2 is 2.21 bits per heavy atom. The average molecular weight is 254 g/mol. The zero-order valence-electron chi connectivity index (χ0n) is 7.48. The van der Waals surface area contributed by atoms with E-state index < -0.39 is 0 Å². The lowest BCUT2D eigenvalue weighted by molar-refractivity contribution is 0.449. The number of aromatic hydroxyl groups is 1. The molecular weight excluding hydrogens is 246 g/mol. The van der Waals surface area contributed by atoms with Crippen LogP contribution in [0.3, 0.4) is 0 Å². The fourth-order valence-electron chi connectivity index (χ4n) is 1.17. The maximum Gasteiger partial charge on any atom is 0.236 e. The monoisotopic (exact) mass is 253 g/mol. The predicted octanol–water partition coefficient (Wildman–Crippen LogP) is 2.04. The van der Waals surface area contributed by atoms with Crippen LogP contribution < -0.4 is 0 Å². The van der Waals surface area contributed by atoms with Crippen molar-refractivity contribution in [3.63, 3.8) is 0 Å². The zero-order chi connectivity index (χ0) is 10.1. The second kappa shape index (κ2) is 3.42. The van der Waals surface area contributed by atoms with Crippen LogP contribution in [0.4, 0.5) is 0 Å². The van der Waals surface area contributed by atoms with Crippen LogP contribution >= 0.6 is 15.9 Å². The molecule has 0 atom stereocenters. The van der Waals surface area contributed by atoms with Gasteiger partial charge in [0.15, 0.2) is 0 Å². The molecule has 0 aliphatic carbocycles. The van der Waals surface area contributed by atoms with Crippen LogP contribution in [0.25, 0.3) is 5.69 Å². The largest absolute Gasteiger partial charge is 0.492 e. The van der Waals surface area contributed by atoms with Crippen LogP contribution in [-0.2, 0) is 0 Å². The molecule has 0 fully saturated rings. The van der Waals surface area contributed by atoms with E-state index in [1.807, 2.05) is 13.1 Å². The number of hydrogen-bond donors (Lipinski definition) is 1. The molecule has 0 bridgehead atoms. The molecule has 0 saturated carbocycles. The Morgan fingerprint density at radius 3 is 2.79 bits per heavy atom. The summed E-state index contributed by atoms with van der Waals surface area (Å²) in [6.45, 7) is 1.89. The number of pyridine rings is 1. The summed E-state index contributed by atoms with van der Waals surface area (Å²) in [5.41, 5.74) is 1.51. The quantitative estimate of drug-likeness (QED) is 0.792. The number of imidazole rings is 1. The number of hydrogen-bond acceptors (Lipinski definition) is 3. The van der Waals surface area contributed by atoms with Crippen molar-refractivity contribution in [1.29, 1.82) is 0 Å². The maximum absolute atomic E-state index is 9.56. The van der Waals surface area contributed by atoms with Gasteiger partial charge < -0.3 is 9.67 Å². The number of aromatic nitrogens is 3. The van der Waals surface area contributed by atoms with Gasteiger partial charge in [-0.15, -0.1) is 0 Å². The lowest BCUT2D eigenvalue weighted by atomic mass is 10.4. The molecule has 0 saturated heterocycles. The molecule has 0 aromatic carbocycles. The van der Waals surface area contributed by atoms with Crippen molar-refractivity contribution >= 4 is 15.9 Å². The van der Waals surface area contributed by atoms with Crippen LogP contribution in [0.1, 0.15) is 5.69 Å². The molecule has 0 unspecified atom stereocenters. The molecule has 2 rings (SSSR count). The van der Waals surface area contributed by atoms with E-state index in [4.69, 9.17) is 0 Å². The first-order valence-corrected chi connectivity index (χ1v) is 4.82. The van der Waals surface area contributed by atoms with E-state index in [1.165, 1.54) is 0 Å². The first kappa shape index (κ1) is 9.21. The second-order valence-electron chi connectivity index (χ2n) is 2.90. The van der Waals surface area contributed by atoms with Crippen molar-refractivity contribution < 1.29 is 5.11 Å². The van der Waals surface area contributed by atoms with Crippen LogP contribution in [0.15, 0.2) is 29.3 Å². The minimum Gasteiger partial charge on any atom is -0.492 e. The summed E-state index contributed by atoms with van der Waals surface area (Å²) in [7, 11) is 0. The highest BCUT2D eigenvalue weighted by Crippen LogP contribution is 2.21. The molecule has 0 amide bonds. The molecule has 0 aliphatic heterocycles. The van der Waals surface area contributed by atoms with Gasteiger partial charge in [0.1, 0.15) is 10.3 Å². The molecule has 5 heteroatoms. The Balaban J connectivity index is 2.52. The normalized spacial score (nSPS) is 10.4. The molecule has 14 heavy (non-hydrogen) atoms. The Morgan fingerprint density at radius 1 is 1.43 bits per heavy atom. The van der Waals surface area contributed by atoms with E-state index in [2.05, 4.69) is 25.9 Å². The van der Waals surface area contributed by atoms with Gasteiger partial charge in [-0.2, -0.15) is 0 Å². The first-order chi connectivity index (χ1) is 6.66. The smallest absolute Gasteiger partial charge is 0.236 e. The Labute approximate surface area is 89.4 Å². The van der Waals surface area contributed by atoms with Gasteiger partial charge in [-0.3, -0.25) is 0 Å². The molecule has 2 heterocycles. The summed E-state index contributed by atoms with van der Waals surface area (Å²) in [6, 6.07) is 3.54. The lowest BCUT2D eigenvalue weighted by Gasteiger charge is -2.03. The van der Waals surface area contributed by atoms with Crippen molar-refractivity contribution in [2.24, 2.45) is 0 Å². The average Bonchev–Trinajstić information content (AvgIpc) is 2.51. The third-order valence-corrected chi connectivity index (χ3v) is 2.25. The third-order valence-electron chi connectivity index (χ3n) is 1.81. The number of nitrogens with zero attached hydrogens (tertiary/aromatic N) is 3. The summed E-state index contributed by atoms with van der Waals surface area (Å²) < 4.78 is 2.33. The van der Waals surface area contributed by atoms with Gasteiger partial charge in [0.2, 0.25) is 5.88 Å². The third kappa shape index (κ3) is 1.63.